The Hall–Kier alpha value is -3.00. The number of nitrogens with one attached hydrogen (secondary N) is 2. The molecule has 2 aliphatic heterocycles. The van der Waals surface area contributed by atoms with Gasteiger partial charge in [0.25, 0.3) is 0 Å². The van der Waals surface area contributed by atoms with Crippen LogP contribution in [-0.4, -0.2) is 37.1 Å². The van der Waals surface area contributed by atoms with E-state index in [2.05, 4.69) is 20.4 Å². The lowest BCUT2D eigenvalue weighted by Crippen LogP contribution is -2.42. The lowest BCUT2D eigenvalue weighted by molar-refractivity contribution is -0.134. The first-order valence-corrected chi connectivity index (χ1v) is 9.01. The lowest BCUT2D eigenvalue weighted by atomic mass is 10.0. The van der Waals surface area contributed by atoms with Crippen molar-refractivity contribution in [1.29, 1.82) is 0 Å². The molecular formula is C19H19FN6O. The second kappa shape index (κ2) is 6.31. The maximum atomic E-state index is 13.1. The molecule has 0 saturated carbocycles. The molecule has 0 saturated heterocycles. The molecule has 8 heteroatoms. The number of carbonyl (C=O) groups is 1. The Morgan fingerprint density at radius 3 is 2.96 bits per heavy atom. The van der Waals surface area contributed by atoms with Gasteiger partial charge in [-0.2, -0.15) is 5.10 Å². The molecule has 1 aromatic carbocycles. The maximum absolute atomic E-state index is 13.1. The van der Waals surface area contributed by atoms with E-state index in [9.17, 15) is 9.18 Å². The summed E-state index contributed by atoms with van der Waals surface area (Å²) in [4.78, 5) is 22.4. The monoisotopic (exact) mass is 366 g/mol. The van der Waals surface area contributed by atoms with Crippen molar-refractivity contribution in [1.82, 2.24) is 30.0 Å². The van der Waals surface area contributed by atoms with E-state index in [1.807, 2.05) is 15.8 Å². The van der Waals surface area contributed by atoms with Crippen molar-refractivity contribution in [2.45, 2.75) is 32.1 Å². The number of aromatic amines is 1. The second-order valence-corrected chi connectivity index (χ2v) is 7.00. The molecule has 138 valence electrons. The van der Waals surface area contributed by atoms with Crippen LogP contribution in [0.25, 0.3) is 0 Å². The van der Waals surface area contributed by atoms with Crippen molar-refractivity contribution in [2.75, 3.05) is 6.54 Å². The number of hydrogen-bond donors (Lipinski definition) is 2. The zero-order valence-electron chi connectivity index (χ0n) is 14.7. The summed E-state index contributed by atoms with van der Waals surface area (Å²) < 4.78 is 15.0. The Balaban J connectivity index is 1.34. The summed E-state index contributed by atoms with van der Waals surface area (Å²) in [7, 11) is 0. The molecule has 27 heavy (non-hydrogen) atoms. The van der Waals surface area contributed by atoms with E-state index in [1.165, 1.54) is 12.1 Å². The van der Waals surface area contributed by atoms with Crippen LogP contribution in [0, 0.1) is 5.82 Å². The average molecular weight is 366 g/mol. The minimum absolute atomic E-state index is 0.0348. The number of benzene rings is 1. The van der Waals surface area contributed by atoms with Crippen LogP contribution < -0.4 is 5.32 Å². The second-order valence-electron chi connectivity index (χ2n) is 7.00. The molecule has 0 spiro atoms. The molecule has 2 N–H and O–H groups in total. The number of rotatable bonds is 3. The summed E-state index contributed by atoms with van der Waals surface area (Å²) in [5.41, 5.74) is 4.90. The molecule has 0 bridgehead atoms. The van der Waals surface area contributed by atoms with Crippen LogP contribution in [0.4, 0.5) is 4.39 Å². The smallest absolute Gasteiger partial charge is 0.246 e. The Kier molecular flexibility index (Phi) is 3.78. The van der Waals surface area contributed by atoms with Gasteiger partial charge in [0, 0.05) is 30.8 Å². The van der Waals surface area contributed by atoms with Crippen LogP contribution >= 0.6 is 0 Å². The molecular weight excluding hydrogens is 347 g/mol. The van der Waals surface area contributed by atoms with Crippen molar-refractivity contribution in [3.8, 4) is 0 Å². The molecule has 0 radical (unpaired) electrons. The Morgan fingerprint density at radius 1 is 1.26 bits per heavy atom. The summed E-state index contributed by atoms with van der Waals surface area (Å²) in [6.07, 6.45) is 4.32. The molecule has 1 amide bonds. The van der Waals surface area contributed by atoms with E-state index < -0.39 is 6.04 Å². The lowest BCUT2D eigenvalue weighted by Gasteiger charge is -2.26. The van der Waals surface area contributed by atoms with Gasteiger partial charge in [-0.1, -0.05) is 12.1 Å². The fourth-order valence-corrected chi connectivity index (χ4v) is 3.87. The number of H-pyrrole nitrogens is 1. The fraction of sp³-hybridized carbons (Fsp3) is 0.316. The van der Waals surface area contributed by atoms with Crippen LogP contribution in [0.2, 0.25) is 0 Å². The van der Waals surface area contributed by atoms with Crippen molar-refractivity contribution in [2.24, 2.45) is 0 Å². The molecule has 2 aromatic heterocycles. The van der Waals surface area contributed by atoms with Crippen LogP contribution in [-0.2, 0) is 30.8 Å². The number of fused-ring (bicyclic) bond motifs is 2. The van der Waals surface area contributed by atoms with Gasteiger partial charge >= 0.3 is 0 Å². The zero-order chi connectivity index (χ0) is 18.4. The van der Waals surface area contributed by atoms with Crippen molar-refractivity contribution in [3.05, 3.63) is 70.8 Å². The summed E-state index contributed by atoms with van der Waals surface area (Å²) >= 11 is 0. The van der Waals surface area contributed by atoms with Crippen LogP contribution in [0.3, 0.4) is 0 Å². The third-order valence-electron chi connectivity index (χ3n) is 5.29. The Morgan fingerprint density at radius 2 is 2.11 bits per heavy atom. The van der Waals surface area contributed by atoms with Gasteiger partial charge in [-0.3, -0.25) is 9.48 Å². The van der Waals surface area contributed by atoms with Gasteiger partial charge in [-0.05, 0) is 17.7 Å². The summed E-state index contributed by atoms with van der Waals surface area (Å²) in [6.45, 7) is 2.39. The van der Waals surface area contributed by atoms with E-state index in [1.54, 1.807) is 18.5 Å². The highest BCUT2D eigenvalue weighted by molar-refractivity contribution is 5.83. The quantitative estimate of drug-likeness (QED) is 0.737. The first-order chi connectivity index (χ1) is 13.2. The first-order valence-electron chi connectivity index (χ1n) is 9.01. The number of amides is 1. The summed E-state index contributed by atoms with van der Waals surface area (Å²) in [6, 6.07) is 6.01. The number of halogens is 1. The summed E-state index contributed by atoms with van der Waals surface area (Å²) in [5.74, 6) is -0.216. The van der Waals surface area contributed by atoms with Crippen molar-refractivity contribution < 1.29 is 9.18 Å². The largest absolute Gasteiger partial charge is 0.348 e. The normalized spacial score (nSPS) is 18.4. The standard InChI is InChI=1S/C19H19FN6O/c20-14-3-1-12(2-4-14)8-26-16-10-25(9-13(16)7-24-26)19(27)18-17-15(5-6-21-18)22-11-23-17/h1-4,7,11,18,21H,5-6,8-10H2,(H,22,23)/t18-/m1/s1. The van der Waals surface area contributed by atoms with Crippen molar-refractivity contribution in [3.63, 3.8) is 0 Å². The number of imidazole rings is 1. The van der Waals surface area contributed by atoms with Gasteiger partial charge < -0.3 is 15.2 Å². The minimum atomic E-state index is -0.400. The third kappa shape index (κ3) is 2.82. The van der Waals surface area contributed by atoms with E-state index in [-0.39, 0.29) is 11.7 Å². The molecule has 5 rings (SSSR count). The summed E-state index contributed by atoms with van der Waals surface area (Å²) in [5, 5.41) is 7.73. The molecule has 0 unspecified atom stereocenters. The topological polar surface area (TPSA) is 78.8 Å². The minimum Gasteiger partial charge on any atom is -0.348 e. The number of nitrogens with zero attached hydrogens (tertiary/aromatic N) is 4. The first kappa shape index (κ1) is 16.2. The van der Waals surface area contributed by atoms with E-state index in [0.29, 0.717) is 19.6 Å². The van der Waals surface area contributed by atoms with Gasteiger partial charge in [0.05, 0.1) is 37.0 Å². The predicted octanol–water partition coefficient (Wildman–Crippen LogP) is 1.52. The average Bonchev–Trinajstić information content (AvgIpc) is 3.39. The van der Waals surface area contributed by atoms with Gasteiger partial charge in [-0.15, -0.1) is 0 Å². The number of hydrogen-bond acceptors (Lipinski definition) is 4. The molecule has 0 fully saturated rings. The fourth-order valence-electron chi connectivity index (χ4n) is 3.87. The number of carbonyl (C=O) groups excluding carboxylic acids is 1. The highest BCUT2D eigenvalue weighted by atomic mass is 19.1. The SMILES string of the molecule is O=C([C@@H]1NCCc2[nH]cnc21)N1Cc2cnn(Cc3ccc(F)cc3)c2C1. The number of aromatic nitrogens is 4. The van der Waals surface area contributed by atoms with Crippen molar-refractivity contribution >= 4 is 5.91 Å². The predicted molar refractivity (Wildman–Crippen MR) is 95.0 cm³/mol. The van der Waals surface area contributed by atoms with E-state index in [0.717, 1.165) is 41.2 Å². The third-order valence-corrected chi connectivity index (χ3v) is 5.29. The maximum Gasteiger partial charge on any atom is 0.246 e. The Labute approximate surface area is 155 Å². The molecule has 7 nitrogen and oxygen atoms in total. The van der Waals surface area contributed by atoms with Crippen LogP contribution in [0.15, 0.2) is 36.8 Å². The van der Waals surface area contributed by atoms with Gasteiger partial charge in [0.2, 0.25) is 5.91 Å². The highest BCUT2D eigenvalue weighted by Gasteiger charge is 2.35. The molecule has 2 aliphatic rings. The van der Waals surface area contributed by atoms with Gasteiger partial charge in [0.15, 0.2) is 0 Å². The van der Waals surface area contributed by atoms with E-state index in [4.69, 9.17) is 0 Å². The molecule has 1 atom stereocenters. The Bertz CT molecular complexity index is 992. The highest BCUT2D eigenvalue weighted by Crippen LogP contribution is 2.28. The molecule has 4 heterocycles. The molecule has 3 aromatic rings. The molecule has 0 aliphatic carbocycles. The van der Waals surface area contributed by atoms with Crippen LogP contribution in [0.1, 0.15) is 34.3 Å². The van der Waals surface area contributed by atoms with E-state index >= 15 is 0 Å². The zero-order valence-corrected chi connectivity index (χ0v) is 14.7. The van der Waals surface area contributed by atoms with Crippen LogP contribution in [0.5, 0.6) is 0 Å². The van der Waals surface area contributed by atoms with Gasteiger partial charge in [0.1, 0.15) is 11.9 Å². The van der Waals surface area contributed by atoms with Gasteiger partial charge in [-0.25, -0.2) is 9.37 Å².